The molecule has 0 spiro atoms. The fraction of sp³-hybridized carbons (Fsp3) is 0.375. The van der Waals surface area contributed by atoms with Crippen LogP contribution in [-0.4, -0.2) is 0 Å². The average Bonchev–Trinajstić information content (AvgIpc) is 2.29. The van der Waals surface area contributed by atoms with Gasteiger partial charge in [-0.15, -0.1) is 0 Å². The molecular formula is C16H21N. The minimum absolute atomic E-state index is 0.432. The molecule has 1 heterocycles. The molecule has 1 saturated heterocycles. The van der Waals surface area contributed by atoms with Crippen LogP contribution >= 0.6 is 0 Å². The Hall–Kier alpha value is -1.50. The molecule has 1 nitrogen and oxygen atoms in total. The van der Waals surface area contributed by atoms with Gasteiger partial charge in [-0.3, -0.25) is 0 Å². The summed E-state index contributed by atoms with van der Waals surface area (Å²) in [6.07, 6.45) is 2.15. The molecule has 0 amide bonds. The van der Waals surface area contributed by atoms with Crippen LogP contribution in [0.4, 0.5) is 0 Å². The molecule has 1 N–H and O–H groups in total. The van der Waals surface area contributed by atoms with Crippen molar-refractivity contribution in [1.29, 1.82) is 0 Å². The Morgan fingerprint density at radius 2 is 1.82 bits per heavy atom. The van der Waals surface area contributed by atoms with Gasteiger partial charge in [-0.1, -0.05) is 51.3 Å². The Labute approximate surface area is 104 Å². The Bertz CT molecular complexity index is 425. The lowest BCUT2D eigenvalue weighted by Crippen LogP contribution is -2.23. The van der Waals surface area contributed by atoms with Crippen molar-refractivity contribution in [2.75, 3.05) is 0 Å². The average molecular weight is 227 g/mol. The molecule has 1 aromatic carbocycles. The van der Waals surface area contributed by atoms with Gasteiger partial charge in [0.25, 0.3) is 0 Å². The highest BCUT2D eigenvalue weighted by atomic mass is 14.9. The van der Waals surface area contributed by atoms with Crippen LogP contribution in [-0.2, 0) is 0 Å². The second-order valence-corrected chi connectivity index (χ2v) is 5.17. The maximum atomic E-state index is 4.11. The lowest BCUT2D eigenvalue weighted by atomic mass is 9.87. The van der Waals surface area contributed by atoms with Crippen molar-refractivity contribution in [2.45, 2.75) is 38.5 Å². The Kier molecular flexibility index (Phi) is 3.37. The summed E-state index contributed by atoms with van der Waals surface area (Å²) in [6, 6.07) is 8.94. The Balaban J connectivity index is 2.17. The van der Waals surface area contributed by atoms with Crippen molar-refractivity contribution in [2.24, 2.45) is 0 Å². The second kappa shape index (κ2) is 4.79. The van der Waals surface area contributed by atoms with Crippen LogP contribution in [0.15, 0.2) is 48.8 Å². The summed E-state index contributed by atoms with van der Waals surface area (Å²) in [6.45, 7) is 12.5. The molecule has 0 bridgehead atoms. The smallest absolute Gasteiger partial charge is 0.0238 e. The first kappa shape index (κ1) is 12.0. The normalized spacial score (nSPS) is 20.5. The van der Waals surface area contributed by atoms with Gasteiger partial charge in [0, 0.05) is 17.3 Å². The molecule has 1 fully saturated rings. The molecule has 90 valence electrons. The highest BCUT2D eigenvalue weighted by molar-refractivity contribution is 5.33. The molecule has 1 atom stereocenters. The van der Waals surface area contributed by atoms with Gasteiger partial charge in [0.1, 0.15) is 0 Å². The SMILES string of the molecule is C=C1CCC(c2ccc(C(C)C)cc2)C(=C)N1. The summed E-state index contributed by atoms with van der Waals surface area (Å²) in [7, 11) is 0. The lowest BCUT2D eigenvalue weighted by molar-refractivity contribution is 0.592. The van der Waals surface area contributed by atoms with E-state index in [2.05, 4.69) is 56.6 Å². The van der Waals surface area contributed by atoms with Crippen molar-refractivity contribution in [3.8, 4) is 0 Å². The third kappa shape index (κ3) is 2.60. The van der Waals surface area contributed by atoms with Crippen molar-refractivity contribution < 1.29 is 0 Å². The zero-order chi connectivity index (χ0) is 12.4. The number of nitrogens with one attached hydrogen (secondary N) is 1. The van der Waals surface area contributed by atoms with Crippen molar-refractivity contribution >= 4 is 0 Å². The van der Waals surface area contributed by atoms with Crippen LogP contribution in [0.5, 0.6) is 0 Å². The number of hydrogen-bond acceptors (Lipinski definition) is 1. The van der Waals surface area contributed by atoms with Gasteiger partial charge in [-0.25, -0.2) is 0 Å². The summed E-state index contributed by atoms with van der Waals surface area (Å²) in [5.41, 5.74) is 4.93. The first-order chi connectivity index (χ1) is 8.08. The molecule has 1 aliphatic heterocycles. The monoisotopic (exact) mass is 227 g/mol. The number of piperidine rings is 1. The van der Waals surface area contributed by atoms with Gasteiger partial charge >= 0.3 is 0 Å². The molecule has 2 rings (SSSR count). The summed E-state index contributed by atoms with van der Waals surface area (Å²) in [5.74, 6) is 1.03. The van der Waals surface area contributed by atoms with Gasteiger partial charge in [-0.2, -0.15) is 0 Å². The zero-order valence-electron chi connectivity index (χ0n) is 10.8. The summed E-state index contributed by atoms with van der Waals surface area (Å²) >= 11 is 0. The van der Waals surface area contributed by atoms with E-state index < -0.39 is 0 Å². The Morgan fingerprint density at radius 3 is 2.35 bits per heavy atom. The van der Waals surface area contributed by atoms with Gasteiger partial charge in [0.15, 0.2) is 0 Å². The van der Waals surface area contributed by atoms with Crippen LogP contribution in [0.3, 0.4) is 0 Å². The summed E-state index contributed by atoms with van der Waals surface area (Å²) in [5, 5.41) is 3.28. The third-order valence-electron chi connectivity index (χ3n) is 3.50. The fourth-order valence-electron chi connectivity index (χ4n) is 2.35. The number of rotatable bonds is 2. The van der Waals surface area contributed by atoms with Crippen molar-refractivity contribution in [3.05, 3.63) is 59.9 Å². The quantitative estimate of drug-likeness (QED) is 0.794. The largest absolute Gasteiger partial charge is 0.363 e. The molecule has 0 saturated carbocycles. The minimum Gasteiger partial charge on any atom is -0.363 e. The van der Waals surface area contributed by atoms with Gasteiger partial charge in [0.05, 0.1) is 0 Å². The van der Waals surface area contributed by atoms with E-state index in [9.17, 15) is 0 Å². The third-order valence-corrected chi connectivity index (χ3v) is 3.50. The van der Waals surface area contributed by atoms with E-state index in [1.54, 1.807) is 0 Å². The molecule has 0 aromatic heterocycles. The van der Waals surface area contributed by atoms with E-state index in [0.717, 1.165) is 24.2 Å². The molecule has 1 unspecified atom stereocenters. The molecule has 1 aliphatic rings. The van der Waals surface area contributed by atoms with E-state index in [1.807, 2.05) is 0 Å². The van der Waals surface area contributed by atoms with Gasteiger partial charge < -0.3 is 5.32 Å². The van der Waals surface area contributed by atoms with Gasteiger partial charge in [-0.05, 0) is 29.9 Å². The van der Waals surface area contributed by atoms with E-state index in [4.69, 9.17) is 0 Å². The molecule has 0 aliphatic carbocycles. The minimum atomic E-state index is 0.432. The standard InChI is InChI=1S/C16H21N/c1-11(2)14-6-8-15(9-7-14)16-10-5-12(3)17-13(16)4/h6-9,11,16-17H,3-5,10H2,1-2H3. The highest BCUT2D eigenvalue weighted by Crippen LogP contribution is 2.32. The zero-order valence-corrected chi connectivity index (χ0v) is 10.8. The summed E-state index contributed by atoms with van der Waals surface area (Å²) in [4.78, 5) is 0. The predicted octanol–water partition coefficient (Wildman–Crippen LogP) is 4.30. The van der Waals surface area contributed by atoms with Crippen LogP contribution in [0.2, 0.25) is 0 Å². The van der Waals surface area contributed by atoms with Crippen LogP contribution in [0.1, 0.15) is 49.7 Å². The van der Waals surface area contributed by atoms with Crippen molar-refractivity contribution in [1.82, 2.24) is 5.32 Å². The second-order valence-electron chi connectivity index (χ2n) is 5.17. The summed E-state index contributed by atoms with van der Waals surface area (Å²) < 4.78 is 0. The molecular weight excluding hydrogens is 206 g/mol. The van der Waals surface area contributed by atoms with Crippen molar-refractivity contribution in [3.63, 3.8) is 0 Å². The molecule has 1 heteroatoms. The van der Waals surface area contributed by atoms with E-state index in [1.165, 1.54) is 11.1 Å². The van der Waals surface area contributed by atoms with Gasteiger partial charge in [0.2, 0.25) is 0 Å². The molecule has 0 radical (unpaired) electrons. The molecule has 1 aromatic rings. The number of allylic oxidation sites excluding steroid dienone is 2. The first-order valence-corrected chi connectivity index (χ1v) is 6.31. The van der Waals surface area contributed by atoms with Crippen LogP contribution in [0, 0.1) is 0 Å². The molecule has 17 heavy (non-hydrogen) atoms. The van der Waals surface area contributed by atoms with E-state index in [-0.39, 0.29) is 0 Å². The fourth-order valence-corrected chi connectivity index (χ4v) is 2.35. The predicted molar refractivity (Wildman–Crippen MR) is 73.9 cm³/mol. The maximum absolute atomic E-state index is 4.11. The lowest BCUT2D eigenvalue weighted by Gasteiger charge is -2.28. The van der Waals surface area contributed by atoms with Crippen LogP contribution < -0.4 is 5.32 Å². The Morgan fingerprint density at radius 1 is 1.18 bits per heavy atom. The number of hydrogen-bond donors (Lipinski definition) is 1. The highest BCUT2D eigenvalue weighted by Gasteiger charge is 2.20. The van der Waals surface area contributed by atoms with E-state index in [0.29, 0.717) is 11.8 Å². The first-order valence-electron chi connectivity index (χ1n) is 6.31. The topological polar surface area (TPSA) is 12.0 Å². The number of benzene rings is 1. The maximum Gasteiger partial charge on any atom is 0.0238 e. The van der Waals surface area contributed by atoms with Crippen LogP contribution in [0.25, 0.3) is 0 Å². The van der Waals surface area contributed by atoms with E-state index >= 15 is 0 Å².